The van der Waals surface area contributed by atoms with E-state index in [1.807, 2.05) is 132 Å². The highest BCUT2D eigenvalue weighted by Gasteiger charge is 2.41. The largest absolute Gasteiger partial charge is 0.307 e. The average Bonchev–Trinajstić information content (AvgIpc) is 3.66. The number of aromatic nitrogens is 1. The Bertz CT molecular complexity index is 2630. The lowest BCUT2D eigenvalue weighted by Crippen LogP contribution is -2.30. The Morgan fingerprint density at radius 2 is 1.04 bits per heavy atom. The van der Waals surface area contributed by atoms with Gasteiger partial charge in [0, 0.05) is 21.9 Å². The molecule has 234 valence electrons. The highest BCUT2D eigenvalue weighted by molar-refractivity contribution is 6.37. The van der Waals surface area contributed by atoms with Crippen LogP contribution in [0, 0.1) is 11.3 Å². The third-order valence-corrected chi connectivity index (χ3v) is 9.56. The first-order valence-electron chi connectivity index (χ1n) is 16.4. The zero-order valence-corrected chi connectivity index (χ0v) is 26.7. The molecule has 0 N–H and O–H groups in total. The van der Waals surface area contributed by atoms with Crippen molar-refractivity contribution in [2.45, 2.75) is 0 Å². The topological polar surface area (TPSA) is 66.1 Å². The van der Waals surface area contributed by atoms with Crippen LogP contribution in [0.3, 0.4) is 0 Å². The molecule has 0 spiro atoms. The molecule has 5 heteroatoms. The molecular weight excluding hydrogens is 615 g/mol. The van der Waals surface area contributed by atoms with Gasteiger partial charge < -0.3 is 4.57 Å². The molecule has 0 saturated carbocycles. The summed E-state index contributed by atoms with van der Waals surface area (Å²) in [6.45, 7) is 0. The minimum Gasteiger partial charge on any atom is -0.307 e. The summed E-state index contributed by atoms with van der Waals surface area (Å²) in [6, 6.07) is 55.4. The predicted molar refractivity (Wildman–Crippen MR) is 199 cm³/mol. The van der Waals surface area contributed by atoms with Gasteiger partial charge in [-0.1, -0.05) is 127 Å². The molecule has 0 unspecified atom stereocenters. The molecular formula is C45H27N3O2. The SMILES string of the molecule is N#Cc1cccc2c3ccccc3n(-c3cccc4c3C(=O)N(c3c(-c5ccccc5)cc(-c5ccccc5)cc3-c3ccccc3)C4=O)c12. The van der Waals surface area contributed by atoms with Gasteiger partial charge in [-0.15, -0.1) is 0 Å². The number of hydrogen-bond acceptors (Lipinski definition) is 3. The van der Waals surface area contributed by atoms with Gasteiger partial charge in [0.2, 0.25) is 0 Å². The van der Waals surface area contributed by atoms with Gasteiger partial charge >= 0.3 is 0 Å². The van der Waals surface area contributed by atoms with Crippen LogP contribution in [0.5, 0.6) is 0 Å². The van der Waals surface area contributed by atoms with Gasteiger partial charge in [-0.2, -0.15) is 5.26 Å². The molecule has 2 heterocycles. The molecule has 9 rings (SSSR count). The monoisotopic (exact) mass is 641 g/mol. The second-order valence-electron chi connectivity index (χ2n) is 12.3. The Morgan fingerprint density at radius 1 is 0.480 bits per heavy atom. The second-order valence-corrected chi connectivity index (χ2v) is 12.3. The van der Waals surface area contributed by atoms with Crippen molar-refractivity contribution in [3.8, 4) is 45.1 Å². The van der Waals surface area contributed by atoms with Gasteiger partial charge in [0.1, 0.15) is 6.07 Å². The van der Waals surface area contributed by atoms with E-state index < -0.39 is 11.8 Å². The van der Waals surface area contributed by atoms with Gasteiger partial charge in [0.05, 0.1) is 39.1 Å². The average molecular weight is 642 g/mol. The summed E-state index contributed by atoms with van der Waals surface area (Å²) < 4.78 is 1.96. The van der Waals surface area contributed by atoms with Crippen molar-refractivity contribution >= 4 is 39.3 Å². The van der Waals surface area contributed by atoms with Crippen LogP contribution < -0.4 is 4.90 Å². The summed E-state index contributed by atoms with van der Waals surface area (Å²) in [7, 11) is 0. The van der Waals surface area contributed by atoms with Gasteiger partial charge in [0.25, 0.3) is 11.8 Å². The van der Waals surface area contributed by atoms with Gasteiger partial charge in [-0.3, -0.25) is 9.59 Å². The van der Waals surface area contributed by atoms with Crippen molar-refractivity contribution in [3.05, 3.63) is 180 Å². The fourth-order valence-electron chi connectivity index (χ4n) is 7.36. The Hall–Kier alpha value is -7.03. The normalized spacial score (nSPS) is 12.4. The van der Waals surface area contributed by atoms with Crippen molar-refractivity contribution in [3.63, 3.8) is 0 Å². The molecule has 0 aliphatic carbocycles. The fourth-order valence-corrected chi connectivity index (χ4v) is 7.36. The van der Waals surface area contributed by atoms with E-state index in [-0.39, 0.29) is 0 Å². The number of nitriles is 1. The number of fused-ring (bicyclic) bond motifs is 4. The van der Waals surface area contributed by atoms with Crippen molar-refractivity contribution in [2.75, 3.05) is 4.90 Å². The molecule has 0 fully saturated rings. The van der Waals surface area contributed by atoms with E-state index in [4.69, 9.17) is 0 Å². The lowest BCUT2D eigenvalue weighted by atomic mass is 9.90. The molecule has 2 amide bonds. The van der Waals surface area contributed by atoms with Crippen LogP contribution in [-0.4, -0.2) is 16.4 Å². The Balaban J connectivity index is 1.33. The van der Waals surface area contributed by atoms with Crippen molar-refractivity contribution in [1.29, 1.82) is 5.26 Å². The maximum atomic E-state index is 15.1. The fraction of sp³-hybridized carbons (Fsp3) is 0. The zero-order valence-electron chi connectivity index (χ0n) is 26.7. The molecule has 8 aromatic rings. The number of anilines is 1. The third-order valence-electron chi connectivity index (χ3n) is 9.56. The number of carbonyl (C=O) groups excluding carboxylic acids is 2. The van der Waals surface area contributed by atoms with E-state index in [1.54, 1.807) is 12.1 Å². The molecule has 7 aromatic carbocycles. The summed E-state index contributed by atoms with van der Waals surface area (Å²) in [4.78, 5) is 31.2. The Kier molecular flexibility index (Phi) is 6.75. The first-order chi connectivity index (χ1) is 24.6. The highest BCUT2D eigenvalue weighted by atomic mass is 16.2. The van der Waals surface area contributed by atoms with E-state index >= 15 is 4.79 Å². The quantitative estimate of drug-likeness (QED) is 0.176. The lowest BCUT2D eigenvalue weighted by Gasteiger charge is -2.24. The third kappa shape index (κ3) is 4.40. The molecule has 0 radical (unpaired) electrons. The van der Waals surface area contributed by atoms with Crippen LogP contribution in [0.4, 0.5) is 5.69 Å². The molecule has 5 nitrogen and oxygen atoms in total. The molecule has 1 aliphatic rings. The minimum atomic E-state index is -0.414. The summed E-state index contributed by atoms with van der Waals surface area (Å²) in [5.41, 5.74) is 9.04. The number of rotatable bonds is 5. The Morgan fingerprint density at radius 3 is 1.68 bits per heavy atom. The molecule has 0 saturated heterocycles. The number of hydrogen-bond donors (Lipinski definition) is 0. The number of benzene rings is 7. The maximum Gasteiger partial charge on any atom is 0.268 e. The molecule has 1 aromatic heterocycles. The van der Waals surface area contributed by atoms with Crippen molar-refractivity contribution in [2.24, 2.45) is 0 Å². The first-order valence-corrected chi connectivity index (χ1v) is 16.4. The number of imide groups is 1. The van der Waals surface area contributed by atoms with E-state index in [1.165, 1.54) is 4.90 Å². The predicted octanol–water partition coefficient (Wildman–Crippen LogP) is 10.5. The van der Waals surface area contributed by atoms with E-state index in [0.717, 1.165) is 49.7 Å². The highest BCUT2D eigenvalue weighted by Crippen LogP contribution is 2.47. The molecule has 1 aliphatic heterocycles. The van der Waals surface area contributed by atoms with E-state index in [2.05, 4.69) is 30.3 Å². The van der Waals surface area contributed by atoms with Crippen molar-refractivity contribution < 1.29 is 9.59 Å². The number of nitrogens with zero attached hydrogens (tertiary/aromatic N) is 3. The van der Waals surface area contributed by atoms with Gasteiger partial charge in [0.15, 0.2) is 0 Å². The Labute approximate surface area is 288 Å². The summed E-state index contributed by atoms with van der Waals surface area (Å²) in [5.74, 6) is -0.808. The smallest absolute Gasteiger partial charge is 0.268 e. The number of para-hydroxylation sites is 2. The zero-order chi connectivity index (χ0) is 33.8. The van der Waals surface area contributed by atoms with Crippen LogP contribution in [0.2, 0.25) is 0 Å². The van der Waals surface area contributed by atoms with E-state index in [9.17, 15) is 10.1 Å². The van der Waals surface area contributed by atoms with E-state index in [0.29, 0.717) is 33.6 Å². The van der Waals surface area contributed by atoms with Crippen LogP contribution in [-0.2, 0) is 0 Å². The van der Waals surface area contributed by atoms with Crippen LogP contribution in [0.25, 0.3) is 60.9 Å². The molecule has 0 bridgehead atoms. The second kappa shape index (κ2) is 11.6. The number of amides is 2. The van der Waals surface area contributed by atoms with Gasteiger partial charge in [-0.05, 0) is 58.7 Å². The summed E-state index contributed by atoms with van der Waals surface area (Å²) in [6.07, 6.45) is 0. The minimum absolute atomic E-state index is 0.304. The summed E-state index contributed by atoms with van der Waals surface area (Å²) in [5, 5.41) is 12.1. The van der Waals surface area contributed by atoms with Crippen LogP contribution in [0.1, 0.15) is 26.3 Å². The number of carbonyl (C=O) groups is 2. The van der Waals surface area contributed by atoms with Crippen LogP contribution >= 0.6 is 0 Å². The molecule has 0 atom stereocenters. The van der Waals surface area contributed by atoms with Gasteiger partial charge in [-0.25, -0.2) is 4.90 Å². The van der Waals surface area contributed by atoms with Crippen molar-refractivity contribution in [1.82, 2.24) is 4.57 Å². The maximum absolute atomic E-state index is 15.1. The standard InChI is InChI=1S/C45H27N3O2/c46-28-32-20-12-22-35-34-21-10-11-24-39(34)47(42(32)35)40-25-13-23-36-41(40)45(50)48(44(36)49)43-37(30-16-6-2-7-17-30)26-33(29-14-4-1-5-15-29)27-38(43)31-18-8-3-9-19-31/h1-27H. The molecule has 50 heavy (non-hydrogen) atoms. The first kappa shape index (κ1) is 29.1. The summed E-state index contributed by atoms with van der Waals surface area (Å²) >= 11 is 0. The lowest BCUT2D eigenvalue weighted by molar-refractivity contribution is 0.0926. The van der Waals surface area contributed by atoms with Crippen LogP contribution in [0.15, 0.2) is 164 Å².